The van der Waals surface area contributed by atoms with Gasteiger partial charge in [-0.05, 0) is 37.1 Å². The zero-order chi connectivity index (χ0) is 18.4. The van der Waals surface area contributed by atoms with Crippen molar-refractivity contribution in [2.75, 3.05) is 31.7 Å². The standard InChI is InChI=1S/C18H28N2O4S/c1-14(2)12-24-17-6-4-15(5-7-17)10-19-18(21)11-20(3)16-8-9-25(22,23)13-16/h4-7,14,16H,8-13H2,1-3H3,(H,19,21). The molecule has 0 radical (unpaired) electrons. The van der Waals surface area contributed by atoms with Gasteiger partial charge in [0, 0.05) is 12.6 Å². The lowest BCUT2D eigenvalue weighted by molar-refractivity contribution is -0.122. The average Bonchev–Trinajstić information content (AvgIpc) is 2.92. The lowest BCUT2D eigenvalue weighted by atomic mass is 10.2. The zero-order valence-corrected chi connectivity index (χ0v) is 16.0. The van der Waals surface area contributed by atoms with Crippen molar-refractivity contribution in [1.29, 1.82) is 0 Å². The number of carbonyl (C=O) groups excluding carboxylic acids is 1. The Morgan fingerprint density at radius 2 is 2.00 bits per heavy atom. The lowest BCUT2D eigenvalue weighted by Crippen LogP contribution is -2.41. The van der Waals surface area contributed by atoms with E-state index >= 15 is 0 Å². The first-order valence-electron chi connectivity index (χ1n) is 8.64. The summed E-state index contributed by atoms with van der Waals surface area (Å²) in [6.07, 6.45) is 0.601. The molecular weight excluding hydrogens is 340 g/mol. The molecule has 0 aliphatic carbocycles. The van der Waals surface area contributed by atoms with E-state index in [4.69, 9.17) is 4.74 Å². The molecule has 1 atom stereocenters. The van der Waals surface area contributed by atoms with Crippen molar-refractivity contribution in [2.24, 2.45) is 5.92 Å². The summed E-state index contributed by atoms with van der Waals surface area (Å²) in [5.74, 6) is 1.56. The third kappa shape index (κ3) is 6.66. The van der Waals surface area contributed by atoms with Crippen molar-refractivity contribution in [3.05, 3.63) is 29.8 Å². The second kappa shape index (κ2) is 8.67. The fourth-order valence-corrected chi connectivity index (χ4v) is 4.51. The van der Waals surface area contributed by atoms with E-state index in [-0.39, 0.29) is 30.0 Å². The number of nitrogens with one attached hydrogen (secondary N) is 1. The largest absolute Gasteiger partial charge is 0.493 e. The third-order valence-corrected chi connectivity index (χ3v) is 5.97. The first kappa shape index (κ1) is 19.7. The number of rotatable bonds is 8. The molecule has 1 aromatic rings. The molecule has 1 aromatic carbocycles. The predicted molar refractivity (Wildman–Crippen MR) is 98.3 cm³/mol. The fraction of sp³-hybridized carbons (Fsp3) is 0.611. The maximum atomic E-state index is 12.1. The Kier molecular flexibility index (Phi) is 6.84. The number of carbonyl (C=O) groups is 1. The van der Waals surface area contributed by atoms with E-state index < -0.39 is 9.84 Å². The van der Waals surface area contributed by atoms with E-state index in [2.05, 4.69) is 19.2 Å². The molecule has 0 bridgehead atoms. The second-order valence-electron chi connectivity index (χ2n) is 7.10. The van der Waals surface area contributed by atoms with Crippen molar-refractivity contribution < 1.29 is 17.9 Å². The molecule has 0 saturated carbocycles. The number of nitrogens with zero attached hydrogens (tertiary/aromatic N) is 1. The maximum Gasteiger partial charge on any atom is 0.234 e. The highest BCUT2D eigenvalue weighted by molar-refractivity contribution is 7.91. The van der Waals surface area contributed by atoms with Crippen LogP contribution in [0.25, 0.3) is 0 Å². The van der Waals surface area contributed by atoms with Crippen LogP contribution in [0.15, 0.2) is 24.3 Å². The minimum atomic E-state index is -2.93. The molecule has 6 nitrogen and oxygen atoms in total. The number of benzene rings is 1. The van der Waals surface area contributed by atoms with Gasteiger partial charge in [-0.3, -0.25) is 9.69 Å². The minimum absolute atomic E-state index is 0.0619. The predicted octanol–water partition coefficient (Wildman–Crippen LogP) is 1.46. The molecule has 1 saturated heterocycles. The van der Waals surface area contributed by atoms with Gasteiger partial charge in [0.05, 0.1) is 24.7 Å². The molecule has 1 heterocycles. The van der Waals surface area contributed by atoms with E-state index in [1.165, 1.54) is 0 Å². The van der Waals surface area contributed by atoms with E-state index in [1.807, 2.05) is 29.2 Å². The molecule has 1 unspecified atom stereocenters. The summed E-state index contributed by atoms with van der Waals surface area (Å²) in [7, 11) is -1.13. The summed E-state index contributed by atoms with van der Waals surface area (Å²) in [5, 5.41) is 2.87. The fourth-order valence-electron chi connectivity index (χ4n) is 2.70. The lowest BCUT2D eigenvalue weighted by Gasteiger charge is -2.22. The number of sulfone groups is 1. The molecule has 1 fully saturated rings. The monoisotopic (exact) mass is 368 g/mol. The van der Waals surface area contributed by atoms with E-state index in [1.54, 1.807) is 7.05 Å². The average molecular weight is 368 g/mol. The van der Waals surface area contributed by atoms with Crippen LogP contribution in [-0.2, 0) is 21.2 Å². The smallest absolute Gasteiger partial charge is 0.234 e. The summed E-state index contributed by atoms with van der Waals surface area (Å²) in [6.45, 7) is 5.53. The van der Waals surface area contributed by atoms with Crippen LogP contribution < -0.4 is 10.1 Å². The Bertz CT molecular complexity index is 671. The van der Waals surface area contributed by atoms with E-state index in [0.29, 0.717) is 25.5 Å². The van der Waals surface area contributed by atoms with Crippen LogP contribution in [-0.4, -0.2) is 57.0 Å². The van der Waals surface area contributed by atoms with Crippen LogP contribution in [0.2, 0.25) is 0 Å². The van der Waals surface area contributed by atoms with Gasteiger partial charge in [-0.15, -0.1) is 0 Å². The number of hydrogen-bond donors (Lipinski definition) is 1. The van der Waals surface area contributed by atoms with Crippen LogP contribution in [0.3, 0.4) is 0 Å². The molecule has 140 valence electrons. The van der Waals surface area contributed by atoms with Gasteiger partial charge >= 0.3 is 0 Å². The maximum absolute atomic E-state index is 12.1. The van der Waals surface area contributed by atoms with Crippen LogP contribution in [0.5, 0.6) is 5.75 Å². The van der Waals surface area contributed by atoms with Gasteiger partial charge in [0.25, 0.3) is 0 Å². The number of hydrogen-bond acceptors (Lipinski definition) is 5. The summed E-state index contributed by atoms with van der Waals surface area (Å²) < 4.78 is 28.7. The highest BCUT2D eigenvalue weighted by Crippen LogP contribution is 2.16. The molecule has 0 aromatic heterocycles. The number of likely N-dealkylation sites (N-methyl/N-ethyl adjacent to an activating group) is 1. The van der Waals surface area contributed by atoms with Gasteiger partial charge in [-0.1, -0.05) is 26.0 Å². The van der Waals surface area contributed by atoms with Gasteiger partial charge in [-0.25, -0.2) is 8.42 Å². The van der Waals surface area contributed by atoms with Gasteiger partial charge < -0.3 is 10.1 Å². The Morgan fingerprint density at radius 3 is 2.56 bits per heavy atom. The van der Waals surface area contributed by atoms with Gasteiger partial charge in [0.1, 0.15) is 5.75 Å². The van der Waals surface area contributed by atoms with Gasteiger partial charge in [0.2, 0.25) is 5.91 Å². The highest BCUT2D eigenvalue weighted by atomic mass is 32.2. The quantitative estimate of drug-likeness (QED) is 0.752. The van der Waals surface area contributed by atoms with E-state index in [9.17, 15) is 13.2 Å². The SMILES string of the molecule is CC(C)COc1ccc(CNC(=O)CN(C)C2CCS(=O)(=O)C2)cc1. The Labute approximate surface area is 150 Å². The molecule has 1 aliphatic rings. The summed E-state index contributed by atoms with van der Waals surface area (Å²) in [4.78, 5) is 13.9. The van der Waals surface area contributed by atoms with Crippen LogP contribution >= 0.6 is 0 Å². The Balaban J connectivity index is 1.74. The molecular formula is C18H28N2O4S. The van der Waals surface area contributed by atoms with Crippen molar-refractivity contribution >= 4 is 15.7 Å². The van der Waals surface area contributed by atoms with Gasteiger partial charge in [0.15, 0.2) is 9.84 Å². The van der Waals surface area contributed by atoms with Crippen LogP contribution in [0.4, 0.5) is 0 Å². The van der Waals surface area contributed by atoms with Crippen molar-refractivity contribution in [3.63, 3.8) is 0 Å². The van der Waals surface area contributed by atoms with Crippen LogP contribution in [0, 0.1) is 5.92 Å². The molecule has 2 rings (SSSR count). The Morgan fingerprint density at radius 1 is 1.32 bits per heavy atom. The number of ether oxygens (including phenoxy) is 1. The molecule has 1 N–H and O–H groups in total. The molecule has 0 spiro atoms. The second-order valence-corrected chi connectivity index (χ2v) is 9.33. The highest BCUT2D eigenvalue weighted by Gasteiger charge is 2.31. The van der Waals surface area contributed by atoms with Crippen molar-refractivity contribution in [3.8, 4) is 5.75 Å². The minimum Gasteiger partial charge on any atom is -0.493 e. The van der Waals surface area contributed by atoms with E-state index in [0.717, 1.165) is 11.3 Å². The Hall–Kier alpha value is -1.60. The van der Waals surface area contributed by atoms with Crippen molar-refractivity contribution in [1.82, 2.24) is 10.2 Å². The molecule has 1 amide bonds. The molecule has 1 aliphatic heterocycles. The molecule has 25 heavy (non-hydrogen) atoms. The summed E-state index contributed by atoms with van der Waals surface area (Å²) >= 11 is 0. The normalized spacial score (nSPS) is 19.3. The first-order valence-corrected chi connectivity index (χ1v) is 10.5. The van der Waals surface area contributed by atoms with Gasteiger partial charge in [-0.2, -0.15) is 0 Å². The number of amides is 1. The van der Waals surface area contributed by atoms with Crippen LogP contribution in [0.1, 0.15) is 25.8 Å². The molecule has 7 heteroatoms. The summed E-state index contributed by atoms with van der Waals surface area (Å²) in [6, 6.07) is 7.61. The zero-order valence-electron chi connectivity index (χ0n) is 15.2. The topological polar surface area (TPSA) is 75.7 Å². The third-order valence-electron chi connectivity index (χ3n) is 4.22. The summed E-state index contributed by atoms with van der Waals surface area (Å²) in [5.41, 5.74) is 0.997. The van der Waals surface area contributed by atoms with Crippen molar-refractivity contribution in [2.45, 2.75) is 32.9 Å². The first-order chi connectivity index (χ1) is 11.7.